The van der Waals surface area contributed by atoms with Crippen LogP contribution in [0.25, 0.3) is 0 Å². The summed E-state index contributed by atoms with van der Waals surface area (Å²) < 4.78 is 0. The van der Waals surface area contributed by atoms with Crippen molar-refractivity contribution in [3.05, 3.63) is 0 Å². The van der Waals surface area contributed by atoms with Gasteiger partial charge in [0.25, 0.3) is 0 Å². The van der Waals surface area contributed by atoms with Crippen molar-refractivity contribution in [1.82, 2.24) is 31.5 Å². The van der Waals surface area contributed by atoms with Gasteiger partial charge in [-0.25, -0.2) is 0 Å². The first-order valence-corrected chi connectivity index (χ1v) is 6.69. The van der Waals surface area contributed by atoms with Gasteiger partial charge in [0.05, 0.1) is 0 Å². The van der Waals surface area contributed by atoms with Gasteiger partial charge in [-0.3, -0.25) is 15.5 Å². The van der Waals surface area contributed by atoms with Gasteiger partial charge in [0.15, 0.2) is 0 Å². The number of nitrogens with zero attached hydrogens (tertiary/aromatic N) is 1. The van der Waals surface area contributed by atoms with Crippen molar-refractivity contribution in [1.29, 1.82) is 0 Å². The Bertz CT molecular complexity index is 152. The van der Waals surface area contributed by atoms with Crippen LogP contribution in [0.1, 0.15) is 13.3 Å². The van der Waals surface area contributed by atoms with Gasteiger partial charge in [0.2, 0.25) is 0 Å². The van der Waals surface area contributed by atoms with Crippen LogP contribution in [-0.2, 0) is 0 Å². The molecule has 17 heavy (non-hydrogen) atoms. The average Bonchev–Trinajstić information content (AvgIpc) is 2.34. The Hall–Kier alpha value is -0.240. The summed E-state index contributed by atoms with van der Waals surface area (Å²) in [6.45, 7) is 11.1. The molecule has 6 heteroatoms. The van der Waals surface area contributed by atoms with Crippen LogP contribution in [0.4, 0.5) is 0 Å². The minimum atomic E-state index is 0.862. The maximum atomic E-state index is 3.42. The van der Waals surface area contributed by atoms with Gasteiger partial charge in [0.1, 0.15) is 0 Å². The van der Waals surface area contributed by atoms with E-state index in [4.69, 9.17) is 0 Å². The SMILES string of the molecule is CCCN1CCNCNCNCCNCNC1. The summed E-state index contributed by atoms with van der Waals surface area (Å²) in [6.07, 6.45) is 1.21. The lowest BCUT2D eigenvalue weighted by molar-refractivity contribution is 0.248. The van der Waals surface area contributed by atoms with Crippen molar-refractivity contribution in [2.24, 2.45) is 0 Å². The zero-order valence-electron chi connectivity index (χ0n) is 11.0. The third-order valence-corrected chi connectivity index (χ3v) is 2.71. The molecular formula is C11H28N6. The second kappa shape index (κ2) is 10.9. The fraction of sp³-hybridized carbons (Fsp3) is 1.00. The van der Waals surface area contributed by atoms with E-state index in [0.717, 1.165) is 59.4 Å². The number of hydrogen-bond donors (Lipinski definition) is 5. The van der Waals surface area contributed by atoms with Crippen LogP contribution < -0.4 is 26.6 Å². The summed E-state index contributed by atoms with van der Waals surface area (Å²) >= 11 is 0. The molecule has 102 valence electrons. The Morgan fingerprint density at radius 3 is 2.18 bits per heavy atom. The van der Waals surface area contributed by atoms with E-state index in [0.29, 0.717) is 0 Å². The molecule has 1 aliphatic heterocycles. The maximum absolute atomic E-state index is 3.42. The largest absolute Gasteiger partial charge is 0.303 e. The molecule has 0 aromatic heterocycles. The Morgan fingerprint density at radius 1 is 0.824 bits per heavy atom. The molecule has 1 rings (SSSR count). The molecule has 6 nitrogen and oxygen atoms in total. The van der Waals surface area contributed by atoms with E-state index < -0.39 is 0 Å². The predicted molar refractivity (Wildman–Crippen MR) is 71.6 cm³/mol. The van der Waals surface area contributed by atoms with Gasteiger partial charge >= 0.3 is 0 Å². The Morgan fingerprint density at radius 2 is 1.47 bits per heavy atom. The van der Waals surface area contributed by atoms with E-state index in [2.05, 4.69) is 38.4 Å². The molecule has 1 saturated heterocycles. The minimum Gasteiger partial charge on any atom is -0.303 e. The average molecular weight is 244 g/mol. The molecule has 0 radical (unpaired) electrons. The van der Waals surface area contributed by atoms with Gasteiger partial charge < -0.3 is 16.0 Å². The fourth-order valence-electron chi connectivity index (χ4n) is 1.81. The Kier molecular flexibility index (Phi) is 9.49. The lowest BCUT2D eigenvalue weighted by atomic mass is 10.4. The minimum absolute atomic E-state index is 0.862. The normalized spacial score (nSPS) is 23.1. The second-order valence-corrected chi connectivity index (χ2v) is 4.31. The van der Waals surface area contributed by atoms with E-state index in [9.17, 15) is 0 Å². The third-order valence-electron chi connectivity index (χ3n) is 2.71. The molecule has 0 atom stereocenters. The molecule has 0 unspecified atom stereocenters. The van der Waals surface area contributed by atoms with Crippen LogP contribution in [0.5, 0.6) is 0 Å². The molecule has 0 amide bonds. The molecular weight excluding hydrogens is 216 g/mol. The van der Waals surface area contributed by atoms with E-state index in [1.165, 1.54) is 6.42 Å². The monoisotopic (exact) mass is 244 g/mol. The molecule has 0 aromatic carbocycles. The first-order valence-electron chi connectivity index (χ1n) is 6.69. The number of rotatable bonds is 2. The van der Waals surface area contributed by atoms with Crippen molar-refractivity contribution < 1.29 is 0 Å². The molecule has 0 saturated carbocycles. The number of nitrogens with one attached hydrogen (secondary N) is 5. The maximum Gasteiger partial charge on any atom is 0.0491 e. The van der Waals surface area contributed by atoms with E-state index >= 15 is 0 Å². The molecule has 0 bridgehead atoms. The van der Waals surface area contributed by atoms with E-state index in [1.54, 1.807) is 0 Å². The highest BCUT2D eigenvalue weighted by Crippen LogP contribution is 1.87. The zero-order chi connectivity index (χ0) is 12.2. The van der Waals surface area contributed by atoms with Crippen molar-refractivity contribution >= 4 is 0 Å². The first kappa shape index (κ1) is 14.8. The van der Waals surface area contributed by atoms with Crippen LogP contribution in [-0.4, -0.2) is 64.3 Å². The lowest BCUT2D eigenvalue weighted by Gasteiger charge is -2.23. The summed E-state index contributed by atoms with van der Waals surface area (Å²) in [5.74, 6) is 0. The van der Waals surface area contributed by atoms with Crippen molar-refractivity contribution in [2.45, 2.75) is 13.3 Å². The van der Waals surface area contributed by atoms with Gasteiger partial charge in [-0.15, -0.1) is 0 Å². The zero-order valence-corrected chi connectivity index (χ0v) is 11.0. The third kappa shape index (κ3) is 8.48. The molecule has 1 fully saturated rings. The number of hydrogen-bond acceptors (Lipinski definition) is 6. The van der Waals surface area contributed by atoms with Gasteiger partial charge in [-0.05, 0) is 13.0 Å². The van der Waals surface area contributed by atoms with Crippen LogP contribution in [0.2, 0.25) is 0 Å². The van der Waals surface area contributed by atoms with Gasteiger partial charge in [-0.2, -0.15) is 0 Å². The van der Waals surface area contributed by atoms with Crippen LogP contribution in [0.3, 0.4) is 0 Å². The highest BCUT2D eigenvalue weighted by atomic mass is 15.3. The predicted octanol–water partition coefficient (Wildman–Crippen LogP) is -1.51. The van der Waals surface area contributed by atoms with E-state index in [1.807, 2.05) is 0 Å². The van der Waals surface area contributed by atoms with Crippen molar-refractivity contribution in [2.75, 3.05) is 59.4 Å². The molecule has 0 spiro atoms. The summed E-state index contributed by atoms with van der Waals surface area (Å²) in [5.41, 5.74) is 0. The van der Waals surface area contributed by atoms with Crippen LogP contribution in [0, 0.1) is 0 Å². The first-order chi connectivity index (χ1) is 8.43. The van der Waals surface area contributed by atoms with Crippen molar-refractivity contribution in [3.63, 3.8) is 0 Å². The fourth-order valence-corrected chi connectivity index (χ4v) is 1.81. The molecule has 0 aliphatic carbocycles. The molecule has 1 aliphatic rings. The molecule has 0 aromatic rings. The molecule has 1 heterocycles. The van der Waals surface area contributed by atoms with Crippen LogP contribution >= 0.6 is 0 Å². The summed E-state index contributed by atoms with van der Waals surface area (Å²) in [6, 6.07) is 0. The summed E-state index contributed by atoms with van der Waals surface area (Å²) in [7, 11) is 0. The quantitative estimate of drug-likeness (QED) is 0.407. The highest BCUT2D eigenvalue weighted by molar-refractivity contribution is 4.59. The highest BCUT2D eigenvalue weighted by Gasteiger charge is 2.02. The standard InChI is InChI=1S/C11H28N6/c1-2-6-17-7-5-14-9-15-8-12-3-4-13-10-16-11-17/h12-16H,2-11H2,1H3. The Balaban J connectivity index is 2.19. The van der Waals surface area contributed by atoms with Crippen molar-refractivity contribution in [3.8, 4) is 0 Å². The van der Waals surface area contributed by atoms with E-state index in [-0.39, 0.29) is 0 Å². The van der Waals surface area contributed by atoms with Gasteiger partial charge in [0, 0.05) is 52.9 Å². The van der Waals surface area contributed by atoms with Gasteiger partial charge in [-0.1, -0.05) is 6.92 Å². The van der Waals surface area contributed by atoms with Crippen LogP contribution in [0.15, 0.2) is 0 Å². The Labute approximate surface area is 105 Å². The topological polar surface area (TPSA) is 63.4 Å². The second-order valence-electron chi connectivity index (χ2n) is 4.31. The molecule has 5 N–H and O–H groups in total. The smallest absolute Gasteiger partial charge is 0.0491 e. The lowest BCUT2D eigenvalue weighted by Crippen LogP contribution is -2.46. The summed E-state index contributed by atoms with van der Waals surface area (Å²) in [4.78, 5) is 2.44. The summed E-state index contributed by atoms with van der Waals surface area (Å²) in [5, 5.41) is 16.8.